The van der Waals surface area contributed by atoms with Crippen molar-refractivity contribution in [2.75, 3.05) is 18.1 Å². The van der Waals surface area contributed by atoms with Gasteiger partial charge in [0.1, 0.15) is 0 Å². The van der Waals surface area contributed by atoms with E-state index in [9.17, 15) is 9.90 Å². The number of rotatable bonds is 5. The Balaban J connectivity index is 1.64. The van der Waals surface area contributed by atoms with E-state index in [4.69, 9.17) is 0 Å². The molecule has 1 aliphatic heterocycles. The first-order chi connectivity index (χ1) is 10.6. The van der Waals surface area contributed by atoms with Gasteiger partial charge in [-0.15, -0.1) is 0 Å². The molecule has 1 saturated heterocycles. The monoisotopic (exact) mass is 318 g/mol. The quantitative estimate of drug-likeness (QED) is 0.792. The Kier molecular flexibility index (Phi) is 4.45. The first-order valence-corrected chi connectivity index (χ1v) is 8.96. The number of aromatic nitrogens is 1. The third kappa shape index (κ3) is 2.88. The summed E-state index contributed by atoms with van der Waals surface area (Å²) in [6.45, 7) is 2.70. The fourth-order valence-corrected chi connectivity index (χ4v) is 4.22. The number of aromatic amines is 1. The van der Waals surface area contributed by atoms with Gasteiger partial charge in [0.25, 0.3) is 5.91 Å². The summed E-state index contributed by atoms with van der Waals surface area (Å²) in [7, 11) is 0. The number of carbonyl (C=O) groups excluding carboxylic acids is 1. The van der Waals surface area contributed by atoms with Gasteiger partial charge in [-0.3, -0.25) is 4.79 Å². The van der Waals surface area contributed by atoms with E-state index in [0.717, 1.165) is 18.6 Å². The Morgan fingerprint density at radius 2 is 2.32 bits per heavy atom. The minimum atomic E-state index is -1.17. The van der Waals surface area contributed by atoms with Gasteiger partial charge in [-0.05, 0) is 36.1 Å². The number of aryl methyl sites for hydroxylation is 1. The molecule has 0 aliphatic carbocycles. The molecule has 0 saturated carbocycles. The summed E-state index contributed by atoms with van der Waals surface area (Å²) in [5.74, 6) is 1.13. The van der Waals surface area contributed by atoms with Crippen molar-refractivity contribution in [2.45, 2.75) is 31.8 Å². The summed E-state index contributed by atoms with van der Waals surface area (Å²) in [5.41, 5.74) is 2.54. The minimum Gasteiger partial charge on any atom is -0.379 e. The van der Waals surface area contributed by atoms with Crippen LogP contribution in [-0.2, 0) is 17.6 Å². The number of hydrogen-bond donors (Lipinski definition) is 3. The number of H-pyrrole nitrogens is 1. The molecular formula is C17H22N2O2S. The predicted molar refractivity (Wildman–Crippen MR) is 91.3 cm³/mol. The highest BCUT2D eigenvalue weighted by Gasteiger charge is 2.39. The summed E-state index contributed by atoms with van der Waals surface area (Å²) in [4.78, 5) is 15.4. The van der Waals surface area contributed by atoms with Gasteiger partial charge in [-0.1, -0.05) is 25.1 Å². The van der Waals surface area contributed by atoms with Gasteiger partial charge in [-0.25, -0.2) is 0 Å². The topological polar surface area (TPSA) is 65.1 Å². The van der Waals surface area contributed by atoms with Gasteiger partial charge < -0.3 is 15.4 Å². The van der Waals surface area contributed by atoms with Gasteiger partial charge in [0, 0.05) is 29.4 Å². The second kappa shape index (κ2) is 6.34. The van der Waals surface area contributed by atoms with Crippen LogP contribution in [0.4, 0.5) is 0 Å². The molecule has 1 aromatic carbocycles. The Morgan fingerprint density at radius 1 is 1.45 bits per heavy atom. The second-order valence-corrected chi connectivity index (χ2v) is 6.95. The van der Waals surface area contributed by atoms with E-state index >= 15 is 0 Å². The van der Waals surface area contributed by atoms with Crippen LogP contribution in [0.2, 0.25) is 0 Å². The molecule has 1 amide bonds. The summed E-state index contributed by atoms with van der Waals surface area (Å²) >= 11 is 1.63. The van der Waals surface area contributed by atoms with E-state index in [1.807, 2.05) is 6.20 Å². The van der Waals surface area contributed by atoms with Crippen LogP contribution in [-0.4, -0.2) is 39.6 Å². The van der Waals surface area contributed by atoms with E-state index < -0.39 is 5.60 Å². The highest BCUT2D eigenvalue weighted by atomic mass is 32.2. The van der Waals surface area contributed by atoms with E-state index in [2.05, 4.69) is 35.4 Å². The van der Waals surface area contributed by atoms with Crippen molar-refractivity contribution in [3.8, 4) is 0 Å². The molecule has 0 radical (unpaired) electrons. The van der Waals surface area contributed by atoms with Crippen LogP contribution in [0.5, 0.6) is 0 Å². The molecule has 1 aromatic heterocycles. The molecule has 22 heavy (non-hydrogen) atoms. The molecule has 2 heterocycles. The van der Waals surface area contributed by atoms with Gasteiger partial charge in [-0.2, -0.15) is 11.8 Å². The fourth-order valence-electron chi connectivity index (χ4n) is 2.99. The van der Waals surface area contributed by atoms with Crippen molar-refractivity contribution in [1.82, 2.24) is 10.3 Å². The third-order valence-electron chi connectivity index (χ3n) is 4.37. The number of hydrogen-bond acceptors (Lipinski definition) is 3. The van der Waals surface area contributed by atoms with Gasteiger partial charge >= 0.3 is 0 Å². The first-order valence-electron chi connectivity index (χ1n) is 7.80. The second-order valence-electron chi connectivity index (χ2n) is 5.85. The van der Waals surface area contributed by atoms with Crippen LogP contribution in [0.25, 0.3) is 10.9 Å². The Bertz CT molecular complexity index is 674. The highest BCUT2D eigenvalue weighted by molar-refractivity contribution is 7.99. The number of nitrogens with one attached hydrogen (secondary N) is 2. The lowest BCUT2D eigenvalue weighted by Crippen LogP contribution is -2.47. The van der Waals surface area contributed by atoms with Crippen LogP contribution in [0.3, 0.4) is 0 Å². The molecule has 1 unspecified atom stereocenters. The van der Waals surface area contributed by atoms with Crippen molar-refractivity contribution in [3.05, 3.63) is 35.5 Å². The molecule has 0 bridgehead atoms. The lowest BCUT2D eigenvalue weighted by atomic mass is 10.0. The predicted octanol–water partition coefficient (Wildman–Crippen LogP) is 2.26. The summed E-state index contributed by atoms with van der Waals surface area (Å²) in [6, 6.07) is 6.33. The lowest BCUT2D eigenvalue weighted by molar-refractivity contribution is -0.137. The summed E-state index contributed by atoms with van der Waals surface area (Å²) in [6.07, 6.45) is 4.34. The number of aliphatic hydroxyl groups is 1. The van der Waals surface area contributed by atoms with Crippen LogP contribution in [0.1, 0.15) is 24.5 Å². The van der Waals surface area contributed by atoms with E-state index in [0.29, 0.717) is 18.7 Å². The molecule has 0 spiro atoms. The Hall–Kier alpha value is -1.46. The van der Waals surface area contributed by atoms with Crippen molar-refractivity contribution < 1.29 is 9.90 Å². The van der Waals surface area contributed by atoms with E-state index in [1.165, 1.54) is 22.0 Å². The SMILES string of the molecule is CCc1cccc2c(CCNC(=O)C3(O)CCSC3)c[nH]c12. The van der Waals surface area contributed by atoms with Crippen molar-refractivity contribution >= 4 is 28.6 Å². The van der Waals surface area contributed by atoms with E-state index in [-0.39, 0.29) is 5.91 Å². The Labute approximate surface area is 134 Å². The highest BCUT2D eigenvalue weighted by Crippen LogP contribution is 2.28. The average Bonchev–Trinajstić information content (AvgIpc) is 3.14. The van der Waals surface area contributed by atoms with E-state index in [1.54, 1.807) is 11.8 Å². The summed E-state index contributed by atoms with van der Waals surface area (Å²) < 4.78 is 0. The zero-order valence-corrected chi connectivity index (χ0v) is 13.6. The zero-order chi connectivity index (χ0) is 15.6. The standard InChI is InChI=1S/C17H22N2O2S/c1-2-12-4-3-5-14-13(10-19-15(12)14)6-8-18-16(20)17(21)7-9-22-11-17/h3-5,10,19,21H,2,6-9,11H2,1H3,(H,18,20). The smallest absolute Gasteiger partial charge is 0.252 e. The Morgan fingerprint density at radius 3 is 3.05 bits per heavy atom. The van der Waals surface area contributed by atoms with Crippen LogP contribution < -0.4 is 5.32 Å². The molecule has 2 aromatic rings. The largest absolute Gasteiger partial charge is 0.379 e. The van der Waals surface area contributed by atoms with Gasteiger partial charge in [0.15, 0.2) is 5.60 Å². The zero-order valence-electron chi connectivity index (χ0n) is 12.8. The van der Waals surface area contributed by atoms with Crippen molar-refractivity contribution in [3.63, 3.8) is 0 Å². The molecule has 3 rings (SSSR count). The maximum absolute atomic E-state index is 12.1. The molecule has 118 valence electrons. The maximum Gasteiger partial charge on any atom is 0.252 e. The number of para-hydroxylation sites is 1. The molecule has 1 aliphatic rings. The number of carbonyl (C=O) groups is 1. The first kappa shape index (κ1) is 15.4. The van der Waals surface area contributed by atoms with Crippen molar-refractivity contribution in [1.29, 1.82) is 0 Å². The summed E-state index contributed by atoms with van der Waals surface area (Å²) in [5, 5.41) is 14.3. The van der Waals surface area contributed by atoms with Gasteiger partial charge in [0.05, 0.1) is 0 Å². The minimum absolute atomic E-state index is 0.230. The fraction of sp³-hybridized carbons (Fsp3) is 0.471. The van der Waals surface area contributed by atoms with Crippen LogP contribution in [0, 0.1) is 0 Å². The molecule has 4 nitrogen and oxygen atoms in total. The average molecular weight is 318 g/mol. The van der Waals surface area contributed by atoms with Crippen molar-refractivity contribution in [2.24, 2.45) is 0 Å². The van der Waals surface area contributed by atoms with Crippen LogP contribution in [0.15, 0.2) is 24.4 Å². The van der Waals surface area contributed by atoms with Crippen LogP contribution >= 0.6 is 11.8 Å². The third-order valence-corrected chi connectivity index (χ3v) is 5.55. The number of amides is 1. The number of benzene rings is 1. The molecule has 3 N–H and O–H groups in total. The number of fused-ring (bicyclic) bond motifs is 1. The molecular weight excluding hydrogens is 296 g/mol. The number of thioether (sulfide) groups is 1. The lowest BCUT2D eigenvalue weighted by Gasteiger charge is -2.20. The normalized spacial score (nSPS) is 21.4. The molecule has 1 fully saturated rings. The maximum atomic E-state index is 12.1. The van der Waals surface area contributed by atoms with Gasteiger partial charge in [0.2, 0.25) is 0 Å². The molecule has 1 atom stereocenters. The molecule has 5 heteroatoms.